The van der Waals surface area contributed by atoms with Crippen molar-refractivity contribution in [2.24, 2.45) is 0 Å². The van der Waals surface area contributed by atoms with Crippen LogP contribution in [0.25, 0.3) is 11.0 Å². The first-order chi connectivity index (χ1) is 13.7. The normalized spacial score (nSPS) is 10.7. The summed E-state index contributed by atoms with van der Waals surface area (Å²) in [5.74, 6) is -1.00. The van der Waals surface area contributed by atoms with E-state index in [1.807, 2.05) is 30.5 Å². The number of hydrogen-bond donors (Lipinski definition) is 1. The molecule has 0 unspecified atom stereocenters. The summed E-state index contributed by atoms with van der Waals surface area (Å²) in [4.78, 5) is 24.3. The van der Waals surface area contributed by atoms with Crippen LogP contribution in [0.3, 0.4) is 0 Å². The van der Waals surface area contributed by atoms with E-state index in [1.165, 1.54) is 0 Å². The molecule has 0 aliphatic rings. The second-order valence-corrected chi connectivity index (χ2v) is 6.49. The largest absolute Gasteiger partial charge is 0.452 e. The Labute approximate surface area is 164 Å². The molecule has 0 bridgehead atoms. The third-order valence-electron chi connectivity index (χ3n) is 3.99. The molecule has 2 aromatic heterocycles. The summed E-state index contributed by atoms with van der Waals surface area (Å²) in [6.07, 6.45) is 3.57. The molecule has 0 saturated carbocycles. The Balaban J connectivity index is 1.32. The number of benzene rings is 2. The Morgan fingerprint density at radius 1 is 1.07 bits per heavy atom. The van der Waals surface area contributed by atoms with Crippen LogP contribution >= 0.6 is 11.7 Å². The number of rotatable bonds is 6. The number of nitrogens with one attached hydrogen (secondary N) is 1. The van der Waals surface area contributed by atoms with Gasteiger partial charge in [-0.05, 0) is 35.9 Å². The van der Waals surface area contributed by atoms with Gasteiger partial charge in [0, 0.05) is 12.4 Å². The number of hydrogen-bond acceptors (Lipinski definition) is 7. The highest BCUT2D eigenvalue weighted by molar-refractivity contribution is 7.00. The third kappa shape index (κ3) is 4.04. The molecule has 140 valence electrons. The smallest absolute Gasteiger partial charge is 0.338 e. The van der Waals surface area contributed by atoms with Crippen LogP contribution < -0.4 is 5.32 Å². The van der Waals surface area contributed by atoms with Crippen LogP contribution in [0.1, 0.15) is 15.9 Å². The lowest BCUT2D eigenvalue weighted by molar-refractivity contribution is -0.119. The molecule has 8 nitrogen and oxygen atoms in total. The van der Waals surface area contributed by atoms with E-state index in [4.69, 9.17) is 4.74 Å². The first kappa shape index (κ1) is 17.8. The van der Waals surface area contributed by atoms with E-state index in [0.717, 1.165) is 17.3 Å². The minimum absolute atomic E-state index is 0.378. The number of esters is 1. The van der Waals surface area contributed by atoms with Crippen LogP contribution in [-0.2, 0) is 16.1 Å². The van der Waals surface area contributed by atoms with Gasteiger partial charge in [-0.3, -0.25) is 9.48 Å². The molecule has 0 spiro atoms. The molecular weight excluding hydrogens is 378 g/mol. The molecule has 0 fully saturated rings. The van der Waals surface area contributed by atoms with Crippen molar-refractivity contribution in [1.29, 1.82) is 0 Å². The molecule has 0 aliphatic heterocycles. The SMILES string of the molecule is O=C(COC(=O)c1ccc(Cn2cccn2)cc1)Nc1cccc2nsnc12. The predicted octanol–water partition coefficient (Wildman–Crippen LogP) is 2.73. The zero-order valence-electron chi connectivity index (χ0n) is 14.6. The van der Waals surface area contributed by atoms with Gasteiger partial charge in [0.2, 0.25) is 0 Å². The molecule has 9 heteroatoms. The van der Waals surface area contributed by atoms with E-state index in [2.05, 4.69) is 19.2 Å². The van der Waals surface area contributed by atoms with Gasteiger partial charge in [0.1, 0.15) is 11.0 Å². The van der Waals surface area contributed by atoms with Crippen molar-refractivity contribution in [1.82, 2.24) is 18.5 Å². The Morgan fingerprint density at radius 3 is 2.71 bits per heavy atom. The number of ether oxygens (including phenoxy) is 1. The summed E-state index contributed by atoms with van der Waals surface area (Å²) < 4.78 is 15.2. The fourth-order valence-electron chi connectivity index (χ4n) is 2.64. The fourth-order valence-corrected chi connectivity index (χ4v) is 3.18. The van der Waals surface area contributed by atoms with Crippen LogP contribution in [0.15, 0.2) is 60.9 Å². The molecule has 0 saturated heterocycles. The first-order valence-corrected chi connectivity index (χ1v) is 9.17. The van der Waals surface area contributed by atoms with Crippen LogP contribution in [0.5, 0.6) is 0 Å². The summed E-state index contributed by atoms with van der Waals surface area (Å²) in [6, 6.07) is 14.1. The highest BCUT2D eigenvalue weighted by Gasteiger charge is 2.12. The van der Waals surface area contributed by atoms with Crippen LogP contribution in [-0.4, -0.2) is 37.0 Å². The topological polar surface area (TPSA) is 99.0 Å². The van der Waals surface area contributed by atoms with Crippen molar-refractivity contribution < 1.29 is 14.3 Å². The number of carbonyl (C=O) groups excluding carboxylic acids is 2. The van der Waals surface area contributed by atoms with Gasteiger partial charge in [-0.2, -0.15) is 13.8 Å². The lowest BCUT2D eigenvalue weighted by atomic mass is 10.1. The maximum atomic E-state index is 12.2. The number of carbonyl (C=O) groups is 2. The lowest BCUT2D eigenvalue weighted by Crippen LogP contribution is -2.21. The molecule has 2 heterocycles. The van der Waals surface area contributed by atoms with Crippen LogP contribution in [0.4, 0.5) is 5.69 Å². The maximum Gasteiger partial charge on any atom is 0.338 e. The average Bonchev–Trinajstić information content (AvgIpc) is 3.39. The van der Waals surface area contributed by atoms with E-state index >= 15 is 0 Å². The van der Waals surface area contributed by atoms with E-state index in [1.54, 1.807) is 35.1 Å². The van der Waals surface area contributed by atoms with Crippen LogP contribution in [0, 0.1) is 0 Å². The number of nitrogens with zero attached hydrogens (tertiary/aromatic N) is 4. The molecule has 1 amide bonds. The highest BCUT2D eigenvalue weighted by Crippen LogP contribution is 2.21. The van der Waals surface area contributed by atoms with Gasteiger partial charge in [0.15, 0.2) is 6.61 Å². The van der Waals surface area contributed by atoms with Gasteiger partial charge in [0.25, 0.3) is 5.91 Å². The van der Waals surface area contributed by atoms with Gasteiger partial charge in [0.05, 0.1) is 29.5 Å². The predicted molar refractivity (Wildman–Crippen MR) is 104 cm³/mol. The Hall–Kier alpha value is -3.59. The van der Waals surface area contributed by atoms with Crippen molar-refractivity contribution in [3.05, 3.63) is 72.1 Å². The van der Waals surface area contributed by atoms with E-state index in [-0.39, 0.29) is 6.61 Å². The summed E-state index contributed by atoms with van der Waals surface area (Å²) >= 11 is 1.07. The molecule has 4 rings (SSSR count). The molecule has 1 N–H and O–H groups in total. The standard InChI is InChI=1S/C19H15N5O3S/c25-17(21-15-3-1-4-16-18(15)23-28-22-16)12-27-19(26)14-7-5-13(6-8-14)11-24-10-2-9-20-24/h1-10H,11-12H2,(H,21,25). The minimum atomic E-state index is -0.561. The van der Waals surface area contributed by atoms with Gasteiger partial charge < -0.3 is 10.1 Å². The molecule has 4 aromatic rings. The zero-order chi connectivity index (χ0) is 19.3. The Kier molecular flexibility index (Phi) is 5.07. The second-order valence-electron chi connectivity index (χ2n) is 5.96. The molecule has 28 heavy (non-hydrogen) atoms. The van der Waals surface area contributed by atoms with Crippen LogP contribution in [0.2, 0.25) is 0 Å². The minimum Gasteiger partial charge on any atom is -0.452 e. The molecule has 2 aromatic carbocycles. The average molecular weight is 393 g/mol. The number of fused-ring (bicyclic) bond motifs is 1. The Bertz CT molecular complexity index is 1110. The first-order valence-electron chi connectivity index (χ1n) is 8.44. The molecule has 0 radical (unpaired) electrons. The van der Waals surface area contributed by atoms with Gasteiger partial charge in [-0.25, -0.2) is 4.79 Å². The number of aromatic nitrogens is 4. The quantitative estimate of drug-likeness (QED) is 0.506. The van der Waals surface area contributed by atoms with E-state index < -0.39 is 11.9 Å². The van der Waals surface area contributed by atoms with Gasteiger partial charge in [-0.15, -0.1) is 0 Å². The fraction of sp³-hybridized carbons (Fsp3) is 0.105. The summed E-state index contributed by atoms with van der Waals surface area (Å²) in [5.41, 5.74) is 3.23. The Morgan fingerprint density at radius 2 is 1.93 bits per heavy atom. The number of anilines is 1. The maximum absolute atomic E-state index is 12.2. The summed E-state index contributed by atoms with van der Waals surface area (Å²) in [7, 11) is 0. The summed E-state index contributed by atoms with van der Waals surface area (Å²) in [5, 5.41) is 6.83. The number of amides is 1. The third-order valence-corrected chi connectivity index (χ3v) is 4.53. The monoisotopic (exact) mass is 393 g/mol. The van der Waals surface area contributed by atoms with Gasteiger partial charge >= 0.3 is 5.97 Å². The van der Waals surface area contributed by atoms with Crippen molar-refractivity contribution >= 4 is 40.3 Å². The van der Waals surface area contributed by atoms with Crippen molar-refractivity contribution in [3.8, 4) is 0 Å². The molecule has 0 aliphatic carbocycles. The second kappa shape index (κ2) is 7.97. The van der Waals surface area contributed by atoms with Crippen molar-refractivity contribution in [2.45, 2.75) is 6.54 Å². The van der Waals surface area contributed by atoms with E-state index in [0.29, 0.717) is 28.8 Å². The van der Waals surface area contributed by atoms with Gasteiger partial charge in [-0.1, -0.05) is 18.2 Å². The molecular formula is C19H15N5O3S. The van der Waals surface area contributed by atoms with Crippen molar-refractivity contribution in [3.63, 3.8) is 0 Å². The molecule has 0 atom stereocenters. The van der Waals surface area contributed by atoms with Crippen molar-refractivity contribution in [2.75, 3.05) is 11.9 Å². The highest BCUT2D eigenvalue weighted by atomic mass is 32.1. The summed E-state index contributed by atoms with van der Waals surface area (Å²) in [6.45, 7) is 0.226. The van der Waals surface area contributed by atoms with E-state index in [9.17, 15) is 9.59 Å². The lowest BCUT2D eigenvalue weighted by Gasteiger charge is -2.07. The zero-order valence-corrected chi connectivity index (χ0v) is 15.4.